The molecule has 1 aliphatic heterocycles. The smallest absolute Gasteiger partial charge is 0.0388 e. The van der Waals surface area contributed by atoms with Gasteiger partial charge >= 0.3 is 0 Å². The number of nitrogens with two attached hydrogens (primary N) is 1. The third-order valence-electron chi connectivity index (χ3n) is 1.94. The molecule has 78 valence electrons. The number of nitrogens with one attached hydrogen (secondary N) is 1. The van der Waals surface area contributed by atoms with E-state index in [0.717, 1.165) is 11.4 Å². The van der Waals surface area contributed by atoms with Crippen molar-refractivity contribution in [3.05, 3.63) is 54.3 Å². The highest BCUT2D eigenvalue weighted by molar-refractivity contribution is 14.2. The second kappa shape index (κ2) is 5.14. The van der Waals surface area contributed by atoms with Crippen LogP contribution in [0.1, 0.15) is 0 Å². The maximum atomic E-state index is 5.91. The Bertz CT molecular complexity index is 478. The Labute approximate surface area is 96.2 Å². The van der Waals surface area contributed by atoms with Gasteiger partial charge in [-0.2, -0.15) is 0 Å². The summed E-state index contributed by atoms with van der Waals surface area (Å²) in [6.45, 7) is 0. The molecular formula is C12H13IN2. The van der Waals surface area contributed by atoms with Crippen LogP contribution in [-0.4, -0.2) is 8.02 Å². The van der Waals surface area contributed by atoms with Gasteiger partial charge in [0.25, 0.3) is 0 Å². The van der Waals surface area contributed by atoms with Crippen molar-refractivity contribution >= 4 is 32.9 Å². The van der Waals surface area contributed by atoms with Gasteiger partial charge in [0.15, 0.2) is 0 Å². The molecule has 15 heavy (non-hydrogen) atoms. The van der Waals surface area contributed by atoms with Crippen molar-refractivity contribution < 1.29 is 0 Å². The molecule has 0 unspecified atom stereocenters. The maximum absolute atomic E-state index is 5.91. The summed E-state index contributed by atoms with van der Waals surface area (Å²) in [7, 11) is 0. The Kier molecular flexibility index (Phi) is 3.58. The van der Waals surface area contributed by atoms with E-state index in [1.54, 1.807) is 0 Å². The Morgan fingerprint density at radius 1 is 1.07 bits per heavy atom. The molecular weight excluding hydrogens is 299 g/mol. The van der Waals surface area contributed by atoms with Crippen LogP contribution in [0.5, 0.6) is 0 Å². The first kappa shape index (κ1) is 10.4. The van der Waals surface area contributed by atoms with Crippen LogP contribution in [0.15, 0.2) is 54.3 Å². The number of halogens is 1. The van der Waals surface area contributed by atoms with E-state index in [9.17, 15) is 0 Å². The molecule has 1 aliphatic rings. The van der Waals surface area contributed by atoms with Crippen LogP contribution in [0, 0.1) is 0 Å². The fourth-order valence-electron chi connectivity index (χ4n) is 1.23. The zero-order valence-corrected chi connectivity index (χ0v) is 10.4. The van der Waals surface area contributed by atoms with Gasteiger partial charge in [0.1, 0.15) is 0 Å². The first-order valence-corrected chi connectivity index (χ1v) is 8.38. The zero-order chi connectivity index (χ0) is 10.5. The van der Waals surface area contributed by atoms with Gasteiger partial charge in [-0.25, -0.2) is 0 Å². The number of para-hydroxylation sites is 1. The molecule has 0 atom stereocenters. The van der Waals surface area contributed by atoms with Crippen LogP contribution >= 0.6 is 19.1 Å². The molecule has 3 heteroatoms. The van der Waals surface area contributed by atoms with Gasteiger partial charge in [-0.1, -0.05) is 43.4 Å². The van der Waals surface area contributed by atoms with Crippen LogP contribution in [0.2, 0.25) is 0 Å². The average Bonchev–Trinajstić information content (AvgIpc) is 2.46. The molecule has 2 nitrogen and oxygen atoms in total. The van der Waals surface area contributed by atoms with Crippen LogP contribution in [-0.2, 0) is 0 Å². The van der Waals surface area contributed by atoms with Gasteiger partial charge in [-0.15, -0.1) is 0 Å². The van der Waals surface area contributed by atoms with Gasteiger partial charge in [0.2, 0.25) is 0 Å². The van der Waals surface area contributed by atoms with Gasteiger partial charge in [-0.3, -0.25) is 3.95 Å². The van der Waals surface area contributed by atoms with Crippen LogP contribution < -0.4 is 9.26 Å². The predicted octanol–water partition coefficient (Wildman–Crippen LogP) is 2.54. The molecule has 0 aromatic heterocycles. The van der Waals surface area contributed by atoms with Gasteiger partial charge in [0, 0.05) is 11.4 Å². The third kappa shape index (κ3) is 3.21. The quantitative estimate of drug-likeness (QED) is 0.650. The highest BCUT2D eigenvalue weighted by Gasteiger charge is 1.93. The molecule has 1 aromatic rings. The van der Waals surface area contributed by atoms with E-state index in [2.05, 4.69) is 19.4 Å². The van der Waals surface area contributed by atoms with E-state index in [1.165, 1.54) is 0 Å². The summed E-state index contributed by atoms with van der Waals surface area (Å²) in [6, 6.07) is 10.1. The van der Waals surface area contributed by atoms with E-state index < -0.39 is 19.1 Å². The predicted molar refractivity (Wildman–Crippen MR) is 77.6 cm³/mol. The summed E-state index contributed by atoms with van der Waals surface area (Å²) >= 11 is -1.40. The number of allylic oxidation sites excluding steroid dienone is 3. The molecule has 1 heterocycles. The largest absolute Gasteiger partial charge is 0.356 e. The molecule has 0 aliphatic carbocycles. The molecule has 0 saturated carbocycles. The Morgan fingerprint density at radius 2 is 1.87 bits per heavy atom. The summed E-state index contributed by atoms with van der Waals surface area (Å²) in [6.07, 6.45) is 6.15. The summed E-state index contributed by atoms with van der Waals surface area (Å²) in [5.41, 5.74) is 2.18. The normalized spacial score (nSPS) is 15.9. The van der Waals surface area contributed by atoms with Crippen molar-refractivity contribution in [1.82, 2.24) is 0 Å². The lowest BCUT2D eigenvalue weighted by Gasteiger charge is -2.05. The van der Waals surface area contributed by atoms with Crippen LogP contribution in [0.4, 0.5) is 5.69 Å². The lowest BCUT2D eigenvalue weighted by Crippen LogP contribution is -1.96. The molecule has 1 aromatic carbocycles. The monoisotopic (exact) mass is 312 g/mol. The Hall–Kier alpha value is -1.07. The lowest BCUT2D eigenvalue weighted by atomic mass is 10.3. The minimum absolute atomic E-state index is 1.09. The van der Waals surface area contributed by atoms with Crippen LogP contribution in [0.25, 0.3) is 0 Å². The topological polar surface area (TPSA) is 38.0 Å². The standard InChI is InChI=1S/C12H13IN2/c14-13-9-4-7-12(8-10-13)15-11-5-2-1-3-6-11/h1-10,15H,14H2. The van der Waals surface area contributed by atoms with Crippen molar-refractivity contribution in [3.63, 3.8) is 0 Å². The van der Waals surface area contributed by atoms with Crippen molar-refractivity contribution in [2.45, 2.75) is 0 Å². The van der Waals surface area contributed by atoms with E-state index in [4.69, 9.17) is 3.95 Å². The molecule has 2 rings (SSSR count). The van der Waals surface area contributed by atoms with Gasteiger partial charge in [-0.05, 0) is 32.3 Å². The minimum Gasteiger partial charge on any atom is -0.356 e. The van der Waals surface area contributed by atoms with E-state index in [-0.39, 0.29) is 0 Å². The van der Waals surface area contributed by atoms with Crippen molar-refractivity contribution in [3.8, 4) is 0 Å². The SMILES string of the molecule is NI1=CC=CC(Nc2ccccc2)=CC=1. The summed E-state index contributed by atoms with van der Waals surface area (Å²) in [5.74, 6) is 0. The van der Waals surface area contributed by atoms with Crippen molar-refractivity contribution in [2.75, 3.05) is 5.32 Å². The highest BCUT2D eigenvalue weighted by Crippen LogP contribution is 2.11. The molecule has 0 spiro atoms. The molecule has 0 fully saturated rings. The van der Waals surface area contributed by atoms with Gasteiger partial charge in [0.05, 0.1) is 0 Å². The molecule has 3 N–H and O–H groups in total. The van der Waals surface area contributed by atoms with E-state index in [0.29, 0.717) is 0 Å². The molecule has 0 bridgehead atoms. The fourth-order valence-corrected chi connectivity index (χ4v) is 2.96. The third-order valence-corrected chi connectivity index (χ3v) is 4.38. The minimum atomic E-state index is -1.40. The summed E-state index contributed by atoms with van der Waals surface area (Å²) in [5, 5.41) is 3.33. The van der Waals surface area contributed by atoms with E-state index in [1.807, 2.05) is 42.5 Å². The molecule has 0 amide bonds. The second-order valence-electron chi connectivity index (χ2n) is 3.10. The van der Waals surface area contributed by atoms with E-state index >= 15 is 0 Å². The Morgan fingerprint density at radius 3 is 2.67 bits per heavy atom. The van der Waals surface area contributed by atoms with Crippen LogP contribution in [0.3, 0.4) is 0 Å². The molecule has 0 saturated heterocycles. The maximum Gasteiger partial charge on any atom is 0.0388 e. The van der Waals surface area contributed by atoms with Crippen molar-refractivity contribution in [2.24, 2.45) is 3.95 Å². The number of anilines is 1. The Balaban J connectivity index is 2.16. The van der Waals surface area contributed by atoms with Gasteiger partial charge < -0.3 is 5.32 Å². The summed E-state index contributed by atoms with van der Waals surface area (Å²) < 4.78 is 10.1. The average molecular weight is 312 g/mol. The summed E-state index contributed by atoms with van der Waals surface area (Å²) in [4.78, 5) is 0. The number of benzene rings is 1. The zero-order valence-electron chi connectivity index (χ0n) is 8.23. The first-order chi connectivity index (χ1) is 7.34. The number of hydrogen-bond acceptors (Lipinski definition) is 2. The fraction of sp³-hybridized carbons (Fsp3) is 0. The lowest BCUT2D eigenvalue weighted by molar-refractivity contribution is 1.49. The first-order valence-electron chi connectivity index (χ1n) is 4.64. The second-order valence-corrected chi connectivity index (χ2v) is 6.70. The number of hydrogen-bond donors (Lipinski definition) is 2. The van der Waals surface area contributed by atoms with Crippen molar-refractivity contribution in [1.29, 1.82) is 0 Å². The number of rotatable bonds is 2. The highest BCUT2D eigenvalue weighted by atomic mass is 127. The molecule has 0 radical (unpaired) electrons.